The third kappa shape index (κ3) is 6.06. The molecule has 26 heavy (non-hydrogen) atoms. The van der Waals surface area contributed by atoms with Crippen LogP contribution in [0, 0.1) is 11.3 Å². The first kappa shape index (κ1) is 20.8. The molecule has 2 rings (SSSR count). The van der Waals surface area contributed by atoms with Crippen molar-refractivity contribution in [2.45, 2.75) is 32.6 Å². The van der Waals surface area contributed by atoms with Gasteiger partial charge in [0.1, 0.15) is 0 Å². The summed E-state index contributed by atoms with van der Waals surface area (Å²) in [6.45, 7) is 2.77. The first-order valence-electron chi connectivity index (χ1n) is 8.54. The summed E-state index contributed by atoms with van der Waals surface area (Å²) in [7, 11) is 0. The van der Waals surface area contributed by atoms with E-state index in [-0.39, 0.29) is 0 Å². The highest BCUT2D eigenvalue weighted by Gasteiger charge is 2.10. The Bertz CT molecular complexity index is 787. The third-order valence-corrected chi connectivity index (χ3v) is 4.94. The van der Waals surface area contributed by atoms with Gasteiger partial charge in [-0.25, -0.2) is 0 Å². The number of allylic oxidation sites excluding steroid dienone is 1. The molecule has 0 N–H and O–H groups in total. The Hall–Kier alpha value is -1.47. The smallest absolute Gasteiger partial charge is 0.156 e. The second-order valence-corrected chi connectivity index (χ2v) is 7.63. The number of nitriles is 1. The van der Waals surface area contributed by atoms with Gasteiger partial charge in [0.25, 0.3) is 0 Å². The molecule has 136 valence electrons. The molecule has 2 aromatic carbocycles. The van der Waals surface area contributed by atoms with Gasteiger partial charge in [-0.05, 0) is 47.9 Å². The van der Waals surface area contributed by atoms with Gasteiger partial charge in [0.2, 0.25) is 0 Å². The van der Waals surface area contributed by atoms with Gasteiger partial charge < -0.3 is 4.74 Å². The van der Waals surface area contributed by atoms with E-state index in [0.29, 0.717) is 28.0 Å². The summed E-state index contributed by atoms with van der Waals surface area (Å²) in [5.41, 5.74) is 2.13. The lowest BCUT2D eigenvalue weighted by atomic mass is 10.0. The number of hydrogen-bond donors (Lipinski definition) is 0. The predicted molar refractivity (Wildman–Crippen MR) is 114 cm³/mol. The molecule has 2 nitrogen and oxygen atoms in total. The van der Waals surface area contributed by atoms with E-state index in [9.17, 15) is 5.26 Å². The van der Waals surface area contributed by atoms with Crippen LogP contribution in [-0.2, 0) is 0 Å². The van der Waals surface area contributed by atoms with Crippen LogP contribution in [0.2, 0.25) is 10.0 Å². The number of hydrogen-bond acceptors (Lipinski definition) is 2. The van der Waals surface area contributed by atoms with Crippen LogP contribution in [-0.4, -0.2) is 6.61 Å². The number of halogens is 3. The van der Waals surface area contributed by atoms with Gasteiger partial charge in [-0.15, -0.1) is 0 Å². The third-order valence-electron chi connectivity index (χ3n) is 3.85. The Morgan fingerprint density at radius 3 is 2.35 bits per heavy atom. The van der Waals surface area contributed by atoms with Crippen molar-refractivity contribution >= 4 is 50.8 Å². The van der Waals surface area contributed by atoms with Gasteiger partial charge in [0, 0.05) is 4.47 Å². The maximum absolute atomic E-state index is 9.47. The van der Waals surface area contributed by atoms with Gasteiger partial charge in [-0.3, -0.25) is 0 Å². The van der Waals surface area contributed by atoms with E-state index in [4.69, 9.17) is 27.9 Å². The molecule has 0 amide bonds. The summed E-state index contributed by atoms with van der Waals surface area (Å²) in [4.78, 5) is 0. The minimum Gasteiger partial charge on any atom is -0.490 e. The zero-order chi connectivity index (χ0) is 18.9. The Labute approximate surface area is 173 Å². The van der Waals surface area contributed by atoms with Crippen LogP contribution in [0.5, 0.6) is 5.75 Å². The van der Waals surface area contributed by atoms with Gasteiger partial charge >= 0.3 is 0 Å². The number of rotatable bonds is 8. The largest absolute Gasteiger partial charge is 0.490 e. The van der Waals surface area contributed by atoms with Crippen LogP contribution < -0.4 is 4.74 Å². The van der Waals surface area contributed by atoms with Gasteiger partial charge in [-0.1, -0.05) is 77.5 Å². The monoisotopic (exact) mass is 451 g/mol. The summed E-state index contributed by atoms with van der Waals surface area (Å²) >= 11 is 16.1. The molecule has 0 atom stereocenters. The van der Waals surface area contributed by atoms with Crippen molar-refractivity contribution in [2.75, 3.05) is 6.61 Å². The highest BCUT2D eigenvalue weighted by atomic mass is 79.9. The van der Waals surface area contributed by atoms with Crippen molar-refractivity contribution in [1.29, 1.82) is 5.26 Å². The summed E-state index contributed by atoms with van der Waals surface area (Å²) < 4.78 is 6.71. The summed E-state index contributed by atoms with van der Waals surface area (Å²) in [6, 6.07) is 13.3. The lowest BCUT2D eigenvalue weighted by molar-refractivity contribution is 0.305. The maximum Gasteiger partial charge on any atom is 0.156 e. The molecule has 0 aliphatic heterocycles. The quantitative estimate of drug-likeness (QED) is 0.232. The average molecular weight is 453 g/mol. The highest BCUT2D eigenvalue weighted by Crippen LogP contribution is 2.35. The molecule has 0 fully saturated rings. The number of ether oxygens (including phenoxy) is 1. The Balaban J connectivity index is 2.17. The standard InChI is InChI=1S/C21H20BrCl2NO/c1-2-3-4-5-10-26-21-19(23)12-15(13-20(21)24)11-17(14-25)16-6-8-18(22)9-7-16/h6-9,11-13H,2-5,10H2,1H3/b17-11+. The van der Waals surface area contributed by atoms with Crippen molar-refractivity contribution in [2.24, 2.45) is 0 Å². The molecular weight excluding hydrogens is 433 g/mol. The van der Waals surface area contributed by atoms with E-state index in [1.54, 1.807) is 18.2 Å². The Morgan fingerprint density at radius 1 is 1.12 bits per heavy atom. The van der Waals surface area contributed by atoms with Crippen molar-refractivity contribution in [1.82, 2.24) is 0 Å². The highest BCUT2D eigenvalue weighted by molar-refractivity contribution is 9.10. The molecule has 0 heterocycles. The molecule has 0 aliphatic rings. The SMILES string of the molecule is CCCCCCOc1c(Cl)cc(/C=C(\C#N)c2ccc(Br)cc2)cc1Cl. The zero-order valence-electron chi connectivity index (χ0n) is 14.6. The first-order chi connectivity index (χ1) is 12.5. The van der Waals surface area contributed by atoms with E-state index in [0.717, 1.165) is 28.4 Å². The maximum atomic E-state index is 9.47. The lowest BCUT2D eigenvalue weighted by Crippen LogP contribution is -1.99. The van der Waals surface area contributed by atoms with Crippen LogP contribution in [0.1, 0.15) is 43.7 Å². The van der Waals surface area contributed by atoms with Gasteiger partial charge in [0.05, 0.1) is 28.3 Å². The molecule has 0 aromatic heterocycles. The molecule has 0 radical (unpaired) electrons. The molecular formula is C21H20BrCl2NO. The number of unbranched alkanes of at least 4 members (excludes halogenated alkanes) is 3. The zero-order valence-corrected chi connectivity index (χ0v) is 17.7. The van der Waals surface area contributed by atoms with E-state index in [2.05, 4.69) is 28.9 Å². The van der Waals surface area contributed by atoms with E-state index in [1.165, 1.54) is 12.8 Å². The fourth-order valence-electron chi connectivity index (χ4n) is 2.48. The second-order valence-electron chi connectivity index (χ2n) is 5.90. The molecule has 0 spiro atoms. The summed E-state index contributed by atoms with van der Waals surface area (Å²) in [5.74, 6) is 0.504. The fraction of sp³-hybridized carbons (Fsp3) is 0.286. The van der Waals surface area contributed by atoms with E-state index >= 15 is 0 Å². The number of nitrogens with zero attached hydrogens (tertiary/aromatic N) is 1. The van der Waals surface area contributed by atoms with Crippen LogP contribution in [0.4, 0.5) is 0 Å². The summed E-state index contributed by atoms with van der Waals surface area (Å²) in [5, 5.41) is 10.4. The normalized spacial score (nSPS) is 11.3. The fourth-order valence-corrected chi connectivity index (χ4v) is 3.36. The van der Waals surface area contributed by atoms with Crippen molar-refractivity contribution in [3.8, 4) is 11.8 Å². The van der Waals surface area contributed by atoms with E-state index < -0.39 is 0 Å². The minimum atomic E-state index is 0.451. The van der Waals surface area contributed by atoms with Crippen molar-refractivity contribution in [3.05, 3.63) is 62.0 Å². The van der Waals surface area contributed by atoms with Crippen LogP contribution in [0.3, 0.4) is 0 Å². The predicted octanol–water partition coefficient (Wildman–Crippen LogP) is 7.78. The Kier molecular flexibility index (Phi) is 8.51. The summed E-state index contributed by atoms with van der Waals surface area (Å²) in [6.07, 6.45) is 6.26. The lowest BCUT2D eigenvalue weighted by Gasteiger charge is -2.11. The first-order valence-corrected chi connectivity index (χ1v) is 10.1. The minimum absolute atomic E-state index is 0.451. The molecule has 0 unspecified atom stereocenters. The molecule has 5 heteroatoms. The number of benzene rings is 2. The molecule has 0 bridgehead atoms. The van der Waals surface area contributed by atoms with E-state index in [1.807, 2.05) is 24.3 Å². The van der Waals surface area contributed by atoms with Crippen LogP contribution >= 0.6 is 39.1 Å². The molecule has 0 saturated carbocycles. The van der Waals surface area contributed by atoms with Crippen molar-refractivity contribution in [3.63, 3.8) is 0 Å². The van der Waals surface area contributed by atoms with Gasteiger partial charge in [0.15, 0.2) is 5.75 Å². The molecule has 0 aliphatic carbocycles. The van der Waals surface area contributed by atoms with Crippen LogP contribution in [0.15, 0.2) is 40.9 Å². The second kappa shape index (κ2) is 10.6. The topological polar surface area (TPSA) is 33.0 Å². The Morgan fingerprint density at radius 2 is 1.77 bits per heavy atom. The average Bonchev–Trinajstić information content (AvgIpc) is 2.62. The molecule has 2 aromatic rings. The molecule has 0 saturated heterocycles. The van der Waals surface area contributed by atoms with Crippen LogP contribution in [0.25, 0.3) is 11.6 Å². The van der Waals surface area contributed by atoms with Crippen molar-refractivity contribution < 1.29 is 4.74 Å². The van der Waals surface area contributed by atoms with Gasteiger partial charge in [-0.2, -0.15) is 5.26 Å².